The fourth-order valence-corrected chi connectivity index (χ4v) is 4.34. The van der Waals surface area contributed by atoms with Crippen LogP contribution in [-0.2, 0) is 19.4 Å². The molecule has 3 rings (SSSR count). The molecule has 0 spiro atoms. The molecule has 1 saturated carbocycles. The van der Waals surface area contributed by atoms with E-state index in [1.165, 1.54) is 66.9 Å². The molecule has 0 atom stereocenters. The molecule has 0 saturated heterocycles. The van der Waals surface area contributed by atoms with Gasteiger partial charge >= 0.3 is 0 Å². The largest absolute Gasteiger partial charge is 0.356 e. The minimum absolute atomic E-state index is 0.861. The van der Waals surface area contributed by atoms with Crippen LogP contribution in [0.2, 0.25) is 0 Å². The van der Waals surface area contributed by atoms with Crippen LogP contribution in [0.1, 0.15) is 54.1 Å². The van der Waals surface area contributed by atoms with E-state index < -0.39 is 0 Å². The summed E-state index contributed by atoms with van der Waals surface area (Å²) in [6.07, 6.45) is 10.5. The summed E-state index contributed by atoms with van der Waals surface area (Å²) in [7, 11) is 3.98. The molecule has 1 aromatic rings. The van der Waals surface area contributed by atoms with Gasteiger partial charge in [-0.05, 0) is 44.4 Å². The Morgan fingerprint density at radius 3 is 2.91 bits per heavy atom. The highest BCUT2D eigenvalue weighted by Crippen LogP contribution is 2.33. The van der Waals surface area contributed by atoms with Crippen molar-refractivity contribution in [2.24, 2.45) is 10.9 Å². The van der Waals surface area contributed by atoms with E-state index in [1.807, 2.05) is 18.4 Å². The first-order chi connectivity index (χ1) is 10.8. The van der Waals surface area contributed by atoms with Gasteiger partial charge in [0.25, 0.3) is 0 Å². The normalized spacial score (nSPS) is 18.2. The van der Waals surface area contributed by atoms with Gasteiger partial charge in [-0.25, -0.2) is 4.98 Å². The van der Waals surface area contributed by atoms with E-state index in [-0.39, 0.29) is 0 Å². The summed E-state index contributed by atoms with van der Waals surface area (Å²) in [5, 5.41) is 4.72. The van der Waals surface area contributed by atoms with Crippen LogP contribution in [0.15, 0.2) is 4.99 Å². The van der Waals surface area contributed by atoms with E-state index in [4.69, 9.17) is 4.98 Å². The molecule has 0 aliphatic heterocycles. The van der Waals surface area contributed by atoms with Gasteiger partial charge in [-0.15, -0.1) is 11.3 Å². The van der Waals surface area contributed by atoms with Crippen LogP contribution >= 0.6 is 11.3 Å². The Kier molecular flexibility index (Phi) is 5.34. The predicted octanol–water partition coefficient (Wildman–Crippen LogP) is 3.22. The van der Waals surface area contributed by atoms with Crippen molar-refractivity contribution >= 4 is 17.3 Å². The van der Waals surface area contributed by atoms with Crippen LogP contribution in [0.3, 0.4) is 0 Å². The summed E-state index contributed by atoms with van der Waals surface area (Å²) in [6, 6.07) is 0. The number of hydrogen-bond acceptors (Lipinski definition) is 3. The third-order valence-corrected chi connectivity index (χ3v) is 5.75. The fourth-order valence-electron chi connectivity index (χ4n) is 3.13. The number of fused-ring (bicyclic) bond motifs is 1. The fraction of sp³-hybridized carbons (Fsp3) is 0.765. The van der Waals surface area contributed by atoms with E-state index in [0.717, 1.165) is 25.0 Å². The first-order valence-electron chi connectivity index (χ1n) is 8.65. The lowest BCUT2D eigenvalue weighted by atomic mass is 10.0. The van der Waals surface area contributed by atoms with Crippen molar-refractivity contribution in [3.8, 4) is 0 Å². The van der Waals surface area contributed by atoms with Gasteiger partial charge in [0.15, 0.2) is 5.96 Å². The van der Waals surface area contributed by atoms with Crippen LogP contribution < -0.4 is 5.32 Å². The Balaban J connectivity index is 1.48. The smallest absolute Gasteiger partial charge is 0.193 e. The highest BCUT2D eigenvalue weighted by atomic mass is 32.1. The van der Waals surface area contributed by atoms with E-state index in [9.17, 15) is 0 Å². The molecule has 0 bridgehead atoms. The number of guanidine groups is 1. The summed E-state index contributed by atoms with van der Waals surface area (Å²) in [4.78, 5) is 12.9. The number of aryl methyl sites for hydroxylation is 2. The Hall–Kier alpha value is -1.10. The van der Waals surface area contributed by atoms with Crippen molar-refractivity contribution in [1.29, 1.82) is 0 Å². The molecule has 0 radical (unpaired) electrons. The molecule has 2 aliphatic carbocycles. The van der Waals surface area contributed by atoms with Crippen molar-refractivity contribution in [2.75, 3.05) is 20.6 Å². The maximum absolute atomic E-state index is 4.83. The lowest BCUT2D eigenvalue weighted by molar-refractivity contribution is 0.472. The summed E-state index contributed by atoms with van der Waals surface area (Å²) in [5.74, 6) is 2.01. The molecule has 0 amide bonds. The van der Waals surface area contributed by atoms with Crippen molar-refractivity contribution in [1.82, 2.24) is 15.2 Å². The number of nitrogens with one attached hydrogen (secondary N) is 1. The van der Waals surface area contributed by atoms with Gasteiger partial charge in [0.1, 0.15) is 5.01 Å². The molecular formula is C17H28N4S. The first-order valence-corrected chi connectivity index (χ1v) is 9.47. The second kappa shape index (κ2) is 7.44. The molecule has 1 fully saturated rings. The topological polar surface area (TPSA) is 40.5 Å². The van der Waals surface area contributed by atoms with Crippen molar-refractivity contribution in [3.63, 3.8) is 0 Å². The Bertz CT molecular complexity index is 495. The second-order valence-electron chi connectivity index (χ2n) is 6.60. The third kappa shape index (κ3) is 4.22. The zero-order chi connectivity index (χ0) is 15.4. The van der Waals surface area contributed by atoms with Gasteiger partial charge < -0.3 is 10.2 Å². The van der Waals surface area contributed by atoms with Crippen LogP contribution in [0.5, 0.6) is 0 Å². The quantitative estimate of drug-likeness (QED) is 0.497. The van der Waals surface area contributed by atoms with E-state index in [1.54, 1.807) is 0 Å². The molecule has 1 N–H and O–H groups in total. The van der Waals surface area contributed by atoms with Gasteiger partial charge in [0, 0.05) is 25.5 Å². The zero-order valence-corrected chi connectivity index (χ0v) is 14.7. The van der Waals surface area contributed by atoms with Gasteiger partial charge in [-0.2, -0.15) is 0 Å². The summed E-state index contributed by atoms with van der Waals surface area (Å²) in [5.41, 5.74) is 1.35. The molecule has 0 unspecified atom stereocenters. The molecule has 22 heavy (non-hydrogen) atoms. The van der Waals surface area contributed by atoms with Crippen molar-refractivity contribution in [3.05, 3.63) is 15.6 Å². The number of aliphatic imine (C=N–C) groups is 1. The second-order valence-corrected chi connectivity index (χ2v) is 7.77. The highest BCUT2D eigenvalue weighted by molar-refractivity contribution is 7.11. The highest BCUT2D eigenvalue weighted by Gasteiger charge is 2.20. The van der Waals surface area contributed by atoms with E-state index in [2.05, 4.69) is 22.3 Å². The monoisotopic (exact) mass is 320 g/mol. The molecule has 0 aromatic carbocycles. The van der Waals surface area contributed by atoms with Crippen molar-refractivity contribution < 1.29 is 0 Å². The number of thiazole rings is 1. The number of hydrogen-bond donors (Lipinski definition) is 1. The lowest BCUT2D eigenvalue weighted by Crippen LogP contribution is -2.38. The van der Waals surface area contributed by atoms with Gasteiger partial charge in [0.2, 0.25) is 0 Å². The zero-order valence-electron chi connectivity index (χ0n) is 13.9. The summed E-state index contributed by atoms with van der Waals surface area (Å²) >= 11 is 1.90. The van der Waals surface area contributed by atoms with Crippen LogP contribution in [0.4, 0.5) is 0 Å². The molecular weight excluding hydrogens is 292 g/mol. The maximum atomic E-state index is 4.83. The average Bonchev–Trinajstić information content (AvgIpc) is 3.25. The van der Waals surface area contributed by atoms with E-state index >= 15 is 0 Å². The van der Waals surface area contributed by atoms with Gasteiger partial charge in [-0.3, -0.25) is 4.99 Å². The third-order valence-electron chi connectivity index (χ3n) is 4.60. The number of aromatic nitrogens is 1. The molecule has 1 heterocycles. The molecule has 5 heteroatoms. The summed E-state index contributed by atoms with van der Waals surface area (Å²) in [6.45, 7) is 1.89. The number of rotatable bonds is 6. The SMILES string of the molecule is CN=C(NCCCC1CC1)N(C)Cc1nc2c(s1)CCCC2. The van der Waals surface area contributed by atoms with Crippen LogP contribution in [-0.4, -0.2) is 36.5 Å². The minimum Gasteiger partial charge on any atom is -0.356 e. The Morgan fingerprint density at radius 1 is 1.36 bits per heavy atom. The van der Waals surface area contributed by atoms with Gasteiger partial charge in [-0.1, -0.05) is 12.8 Å². The van der Waals surface area contributed by atoms with Crippen molar-refractivity contribution in [2.45, 2.75) is 57.9 Å². The maximum Gasteiger partial charge on any atom is 0.193 e. The number of nitrogens with zero attached hydrogens (tertiary/aromatic N) is 3. The average molecular weight is 321 g/mol. The van der Waals surface area contributed by atoms with E-state index in [0.29, 0.717) is 0 Å². The predicted molar refractivity (Wildman–Crippen MR) is 93.5 cm³/mol. The van der Waals surface area contributed by atoms with Gasteiger partial charge in [0.05, 0.1) is 12.2 Å². The van der Waals surface area contributed by atoms with Crippen LogP contribution in [0, 0.1) is 5.92 Å². The molecule has 1 aromatic heterocycles. The minimum atomic E-state index is 0.861. The summed E-state index contributed by atoms with van der Waals surface area (Å²) < 4.78 is 0. The molecule has 4 nitrogen and oxygen atoms in total. The lowest BCUT2D eigenvalue weighted by Gasteiger charge is -2.21. The standard InChI is InChI=1S/C17H28N4S/c1-18-17(19-11-5-6-13-9-10-13)21(2)12-16-20-14-7-3-4-8-15(14)22-16/h13H,3-12H2,1-2H3,(H,18,19). The first kappa shape index (κ1) is 15.8. The Labute approximate surface area is 138 Å². The molecule has 122 valence electrons. The molecule has 2 aliphatic rings. The Morgan fingerprint density at radius 2 is 2.18 bits per heavy atom. The van der Waals surface area contributed by atoms with Crippen LogP contribution in [0.25, 0.3) is 0 Å².